The minimum atomic E-state index is -4.75. The number of hydrogen-bond acceptors (Lipinski definition) is 3. The summed E-state index contributed by atoms with van der Waals surface area (Å²) in [7, 11) is 1.05. The van der Waals surface area contributed by atoms with E-state index in [9.17, 15) is 31.1 Å². The summed E-state index contributed by atoms with van der Waals surface area (Å²) in [6, 6.07) is 4.98. The molecule has 1 aliphatic rings. The third kappa shape index (κ3) is 4.72. The maximum absolute atomic E-state index is 13.0. The van der Waals surface area contributed by atoms with Crippen molar-refractivity contribution >= 4 is 17.5 Å². The number of nitrogens with zero attached hydrogens (tertiary/aromatic N) is 4. The van der Waals surface area contributed by atoms with E-state index in [2.05, 4.69) is 5.10 Å². The second kappa shape index (κ2) is 8.10. The van der Waals surface area contributed by atoms with Crippen molar-refractivity contribution in [3.05, 3.63) is 51.8 Å². The quantitative estimate of drug-likeness (QED) is 0.657. The lowest BCUT2D eigenvalue weighted by Crippen LogP contribution is -2.48. The minimum Gasteiger partial charge on any atom is -0.335 e. The average molecular weight is 455 g/mol. The van der Waals surface area contributed by atoms with Gasteiger partial charge in [-0.1, -0.05) is 29.8 Å². The molecular weight excluding hydrogens is 438 g/mol. The number of carbonyl (C=O) groups excluding carboxylic acids is 1. The molecule has 0 bridgehead atoms. The van der Waals surface area contributed by atoms with Gasteiger partial charge in [-0.05, 0) is 11.6 Å². The Kier molecular flexibility index (Phi) is 6.06. The number of alkyl halides is 6. The lowest BCUT2D eigenvalue weighted by molar-refractivity contribution is -0.143. The highest BCUT2D eigenvalue weighted by atomic mass is 35.5. The van der Waals surface area contributed by atoms with Crippen molar-refractivity contribution in [2.24, 2.45) is 7.05 Å². The first-order valence-electron chi connectivity index (χ1n) is 8.85. The van der Waals surface area contributed by atoms with Crippen LogP contribution in [0.3, 0.4) is 0 Å². The number of piperazine rings is 1. The molecule has 12 heteroatoms. The van der Waals surface area contributed by atoms with Gasteiger partial charge in [0.1, 0.15) is 5.02 Å². The Balaban J connectivity index is 1.64. The molecule has 3 rings (SSSR count). The molecule has 2 heterocycles. The van der Waals surface area contributed by atoms with Crippen LogP contribution in [-0.4, -0.2) is 51.7 Å². The predicted molar refractivity (Wildman–Crippen MR) is 95.8 cm³/mol. The summed E-state index contributed by atoms with van der Waals surface area (Å²) in [5.74, 6) is -0.718. The Morgan fingerprint density at radius 2 is 1.70 bits per heavy atom. The second-order valence-corrected chi connectivity index (χ2v) is 7.28. The highest BCUT2D eigenvalue weighted by molar-refractivity contribution is 6.34. The fourth-order valence-corrected chi connectivity index (χ4v) is 3.65. The number of carbonyl (C=O) groups is 1. The van der Waals surface area contributed by atoms with Gasteiger partial charge in [-0.25, -0.2) is 0 Å². The number of aromatic nitrogens is 2. The van der Waals surface area contributed by atoms with E-state index in [0.717, 1.165) is 19.2 Å². The van der Waals surface area contributed by atoms with E-state index in [1.54, 1.807) is 6.07 Å². The van der Waals surface area contributed by atoms with E-state index in [4.69, 9.17) is 11.6 Å². The number of rotatable bonds is 3. The molecule has 1 aromatic carbocycles. The summed E-state index contributed by atoms with van der Waals surface area (Å²) >= 11 is 5.76. The third-order valence-corrected chi connectivity index (χ3v) is 5.14. The second-order valence-electron chi connectivity index (χ2n) is 6.90. The first-order chi connectivity index (χ1) is 13.9. The number of hydrogen-bond donors (Lipinski definition) is 0. The first kappa shape index (κ1) is 22.4. The molecule has 164 valence electrons. The largest absolute Gasteiger partial charge is 0.434 e. The Bertz CT molecular complexity index is 932. The molecule has 0 radical (unpaired) electrons. The van der Waals surface area contributed by atoms with Gasteiger partial charge in [-0.15, -0.1) is 0 Å². The Labute approximate surface area is 172 Å². The molecule has 5 nitrogen and oxygen atoms in total. The smallest absolute Gasteiger partial charge is 0.335 e. The lowest BCUT2D eigenvalue weighted by atomic mass is 10.1. The average Bonchev–Trinajstić information content (AvgIpc) is 2.95. The van der Waals surface area contributed by atoms with Gasteiger partial charge in [0.15, 0.2) is 11.4 Å². The first-order valence-corrected chi connectivity index (χ1v) is 9.23. The molecule has 0 spiro atoms. The molecular formula is C18H17ClF6N4O. The zero-order valence-corrected chi connectivity index (χ0v) is 16.4. The number of aryl methyl sites for hydroxylation is 1. The SMILES string of the molecule is Cn1nc(C(=O)N2CCN(Cc3cccc(C(F)(F)F)c3)CC2)c(Cl)c1C(F)(F)F. The van der Waals surface area contributed by atoms with Crippen molar-refractivity contribution in [1.82, 2.24) is 19.6 Å². The fraction of sp³-hybridized carbons (Fsp3) is 0.444. The summed E-state index contributed by atoms with van der Waals surface area (Å²) in [6.45, 7) is 1.32. The van der Waals surface area contributed by atoms with Crippen molar-refractivity contribution < 1.29 is 31.1 Å². The minimum absolute atomic E-state index is 0.187. The molecule has 30 heavy (non-hydrogen) atoms. The molecule has 1 aromatic heterocycles. The van der Waals surface area contributed by atoms with Gasteiger partial charge in [0.25, 0.3) is 5.91 Å². The zero-order chi connectivity index (χ0) is 22.3. The van der Waals surface area contributed by atoms with E-state index in [1.165, 1.54) is 11.0 Å². The van der Waals surface area contributed by atoms with Gasteiger partial charge in [-0.2, -0.15) is 31.4 Å². The summed E-state index contributed by atoms with van der Waals surface area (Å²) < 4.78 is 78.2. The fourth-order valence-electron chi connectivity index (χ4n) is 3.31. The van der Waals surface area contributed by atoms with Crippen molar-refractivity contribution in [2.45, 2.75) is 18.9 Å². The maximum Gasteiger partial charge on any atom is 0.434 e. The standard InChI is InChI=1S/C18H17ClF6N4O/c1-27-15(18(23,24)25)13(19)14(26-27)16(30)29-7-5-28(6-8-29)10-11-3-2-4-12(9-11)17(20,21)22/h2-4,9H,5-8,10H2,1H3. The number of halogens is 7. The molecule has 1 amide bonds. The van der Waals surface area contributed by atoms with Crippen LogP contribution in [0.4, 0.5) is 26.3 Å². The van der Waals surface area contributed by atoms with Crippen LogP contribution >= 0.6 is 11.6 Å². The number of amides is 1. The third-order valence-electron chi connectivity index (χ3n) is 4.78. The number of benzene rings is 1. The Hall–Kier alpha value is -2.27. The van der Waals surface area contributed by atoms with E-state index < -0.39 is 40.2 Å². The highest BCUT2D eigenvalue weighted by Crippen LogP contribution is 2.36. The van der Waals surface area contributed by atoms with Crippen molar-refractivity contribution in [1.29, 1.82) is 0 Å². The van der Waals surface area contributed by atoms with Crippen LogP contribution in [0, 0.1) is 0 Å². The topological polar surface area (TPSA) is 41.4 Å². The van der Waals surface area contributed by atoms with Crippen LogP contribution in [0.2, 0.25) is 5.02 Å². The monoisotopic (exact) mass is 454 g/mol. The van der Waals surface area contributed by atoms with Crippen LogP contribution < -0.4 is 0 Å². The van der Waals surface area contributed by atoms with Crippen molar-refractivity contribution in [2.75, 3.05) is 26.2 Å². The zero-order valence-electron chi connectivity index (χ0n) is 15.7. The van der Waals surface area contributed by atoms with Crippen LogP contribution in [0.15, 0.2) is 24.3 Å². The van der Waals surface area contributed by atoms with E-state index in [-0.39, 0.29) is 19.6 Å². The molecule has 0 N–H and O–H groups in total. The Morgan fingerprint density at radius 3 is 2.23 bits per heavy atom. The van der Waals surface area contributed by atoms with Crippen LogP contribution in [0.25, 0.3) is 0 Å². The normalized spacial score (nSPS) is 16.2. The van der Waals surface area contributed by atoms with Crippen molar-refractivity contribution in [3.63, 3.8) is 0 Å². The lowest BCUT2D eigenvalue weighted by Gasteiger charge is -2.34. The summed E-state index contributed by atoms with van der Waals surface area (Å²) in [6.07, 6.45) is -9.18. The molecule has 1 aliphatic heterocycles. The molecule has 1 fully saturated rings. The van der Waals surface area contributed by atoms with Gasteiger partial charge < -0.3 is 4.90 Å². The van der Waals surface area contributed by atoms with E-state index in [0.29, 0.717) is 23.3 Å². The highest BCUT2D eigenvalue weighted by Gasteiger charge is 2.40. The van der Waals surface area contributed by atoms with Crippen LogP contribution in [-0.2, 0) is 25.9 Å². The van der Waals surface area contributed by atoms with Gasteiger partial charge in [0.2, 0.25) is 0 Å². The van der Waals surface area contributed by atoms with E-state index in [1.807, 2.05) is 4.90 Å². The Morgan fingerprint density at radius 1 is 1.07 bits per heavy atom. The van der Waals surface area contributed by atoms with Gasteiger partial charge in [0.05, 0.1) is 5.56 Å². The van der Waals surface area contributed by atoms with Gasteiger partial charge in [-0.3, -0.25) is 14.4 Å². The molecule has 0 unspecified atom stereocenters. The summed E-state index contributed by atoms with van der Waals surface area (Å²) in [4.78, 5) is 15.8. The van der Waals surface area contributed by atoms with Gasteiger partial charge >= 0.3 is 12.4 Å². The predicted octanol–water partition coefficient (Wildman–Crippen LogP) is 4.07. The summed E-state index contributed by atoms with van der Waals surface area (Å²) in [5.41, 5.74) is -1.93. The van der Waals surface area contributed by atoms with Crippen LogP contribution in [0.1, 0.15) is 27.3 Å². The molecule has 0 atom stereocenters. The molecule has 0 saturated carbocycles. The molecule has 1 saturated heterocycles. The van der Waals surface area contributed by atoms with Gasteiger partial charge in [0, 0.05) is 39.8 Å². The maximum atomic E-state index is 13.0. The van der Waals surface area contributed by atoms with E-state index >= 15 is 0 Å². The molecule has 2 aromatic rings. The van der Waals surface area contributed by atoms with Crippen molar-refractivity contribution in [3.8, 4) is 0 Å². The van der Waals surface area contributed by atoms with Crippen LogP contribution in [0.5, 0.6) is 0 Å². The summed E-state index contributed by atoms with van der Waals surface area (Å²) in [5, 5.41) is 2.88. The molecule has 0 aliphatic carbocycles.